The number of hydrogen-bond acceptors (Lipinski definition) is 4. The molecule has 3 nitrogen and oxygen atoms in total. The minimum atomic E-state index is -0.483. The predicted octanol–water partition coefficient (Wildman–Crippen LogP) is 3.20. The highest BCUT2D eigenvalue weighted by atomic mass is 32.1. The minimum Gasteiger partial charge on any atom is -0.241 e. The largest absolute Gasteiger partial charge is 0.241 e. The third kappa shape index (κ3) is 1.89. The van der Waals surface area contributed by atoms with E-state index in [0.717, 1.165) is 26.6 Å². The lowest BCUT2D eigenvalue weighted by Crippen LogP contribution is -1.82. The van der Waals surface area contributed by atoms with Crippen molar-refractivity contribution in [1.29, 1.82) is 0 Å². The summed E-state index contributed by atoms with van der Waals surface area (Å²) < 4.78 is 12.7. The number of halogens is 1. The van der Waals surface area contributed by atoms with Crippen molar-refractivity contribution < 1.29 is 4.39 Å². The standard InChI is InChI=1S/C12H8FN3S/c1-7-2-4-9-12(15-7)17-11(16-9)8-3-5-10(13)14-6-8/h2-6H,1H3. The summed E-state index contributed by atoms with van der Waals surface area (Å²) in [7, 11) is 0. The summed E-state index contributed by atoms with van der Waals surface area (Å²) in [5, 5.41) is 0.811. The van der Waals surface area contributed by atoms with Crippen LogP contribution in [0.15, 0.2) is 30.5 Å². The normalized spacial score (nSPS) is 10.9. The van der Waals surface area contributed by atoms with Crippen LogP contribution in [0.5, 0.6) is 0 Å². The van der Waals surface area contributed by atoms with Gasteiger partial charge in [-0.1, -0.05) is 11.3 Å². The molecule has 3 aromatic heterocycles. The van der Waals surface area contributed by atoms with E-state index in [4.69, 9.17) is 0 Å². The molecule has 0 bridgehead atoms. The molecule has 0 atom stereocenters. The van der Waals surface area contributed by atoms with Crippen LogP contribution in [0.25, 0.3) is 20.9 Å². The van der Waals surface area contributed by atoms with Gasteiger partial charge >= 0.3 is 0 Å². The smallest absolute Gasteiger partial charge is 0.212 e. The molecule has 3 rings (SSSR count). The van der Waals surface area contributed by atoms with Crippen LogP contribution >= 0.6 is 11.3 Å². The van der Waals surface area contributed by atoms with Gasteiger partial charge in [-0.25, -0.2) is 15.0 Å². The molecule has 0 aliphatic carbocycles. The summed E-state index contributed by atoms with van der Waals surface area (Å²) in [6.45, 7) is 1.94. The number of nitrogens with zero attached hydrogens (tertiary/aromatic N) is 3. The number of aryl methyl sites for hydroxylation is 1. The van der Waals surface area contributed by atoms with E-state index < -0.39 is 5.95 Å². The second-order valence-corrected chi connectivity index (χ2v) is 4.64. The third-order valence-corrected chi connectivity index (χ3v) is 3.38. The Kier molecular flexibility index (Phi) is 2.33. The van der Waals surface area contributed by atoms with E-state index in [-0.39, 0.29) is 0 Å². The van der Waals surface area contributed by atoms with Crippen molar-refractivity contribution in [3.8, 4) is 10.6 Å². The Bertz CT molecular complexity index is 676. The highest BCUT2D eigenvalue weighted by Gasteiger charge is 2.07. The van der Waals surface area contributed by atoms with Gasteiger partial charge in [0.05, 0.1) is 0 Å². The van der Waals surface area contributed by atoms with Crippen LogP contribution in [-0.2, 0) is 0 Å². The molecule has 0 fully saturated rings. The van der Waals surface area contributed by atoms with E-state index in [2.05, 4.69) is 15.0 Å². The van der Waals surface area contributed by atoms with Gasteiger partial charge < -0.3 is 0 Å². The average Bonchev–Trinajstić information content (AvgIpc) is 2.72. The van der Waals surface area contributed by atoms with Gasteiger partial charge in [0.2, 0.25) is 5.95 Å². The molecule has 5 heteroatoms. The molecule has 0 spiro atoms. The number of hydrogen-bond donors (Lipinski definition) is 0. The first kappa shape index (κ1) is 10.3. The molecule has 17 heavy (non-hydrogen) atoms. The van der Waals surface area contributed by atoms with E-state index in [1.165, 1.54) is 23.6 Å². The van der Waals surface area contributed by atoms with Crippen LogP contribution in [0.2, 0.25) is 0 Å². The fourth-order valence-corrected chi connectivity index (χ4v) is 2.51. The number of rotatable bonds is 1. The van der Waals surface area contributed by atoms with Gasteiger partial charge in [-0.2, -0.15) is 4.39 Å². The van der Waals surface area contributed by atoms with Crippen molar-refractivity contribution in [2.45, 2.75) is 6.92 Å². The molecular formula is C12H8FN3S. The molecule has 3 heterocycles. The van der Waals surface area contributed by atoms with Gasteiger partial charge in [0.15, 0.2) is 0 Å². The molecule has 84 valence electrons. The van der Waals surface area contributed by atoms with Gasteiger partial charge in [0, 0.05) is 17.5 Å². The molecule has 0 saturated carbocycles. The quantitative estimate of drug-likeness (QED) is 0.618. The van der Waals surface area contributed by atoms with E-state index >= 15 is 0 Å². The van der Waals surface area contributed by atoms with E-state index in [1.54, 1.807) is 6.07 Å². The molecule has 0 radical (unpaired) electrons. The van der Waals surface area contributed by atoms with Gasteiger partial charge in [-0.3, -0.25) is 0 Å². The zero-order valence-electron chi connectivity index (χ0n) is 9.01. The third-order valence-electron chi connectivity index (χ3n) is 2.37. The molecule has 0 aromatic carbocycles. The van der Waals surface area contributed by atoms with E-state index in [1.807, 2.05) is 19.1 Å². The maximum atomic E-state index is 12.7. The molecule has 0 aliphatic heterocycles. The molecule has 0 saturated heterocycles. The minimum absolute atomic E-state index is 0.483. The van der Waals surface area contributed by atoms with Gasteiger partial charge in [0.25, 0.3) is 0 Å². The van der Waals surface area contributed by atoms with Crippen LogP contribution in [0.4, 0.5) is 4.39 Å². The average molecular weight is 245 g/mol. The van der Waals surface area contributed by atoms with Crippen LogP contribution < -0.4 is 0 Å². The maximum Gasteiger partial charge on any atom is 0.212 e. The molecular weight excluding hydrogens is 237 g/mol. The fourth-order valence-electron chi connectivity index (χ4n) is 1.54. The predicted molar refractivity (Wildman–Crippen MR) is 65.3 cm³/mol. The second-order valence-electron chi connectivity index (χ2n) is 3.67. The number of thiazole rings is 1. The highest BCUT2D eigenvalue weighted by molar-refractivity contribution is 7.21. The number of pyridine rings is 2. The zero-order valence-corrected chi connectivity index (χ0v) is 9.83. The summed E-state index contributed by atoms with van der Waals surface area (Å²) in [4.78, 5) is 13.4. The lowest BCUT2D eigenvalue weighted by molar-refractivity contribution is 0.584. The summed E-state index contributed by atoms with van der Waals surface area (Å²) >= 11 is 1.49. The molecule has 0 unspecified atom stereocenters. The Balaban J connectivity index is 2.14. The highest BCUT2D eigenvalue weighted by Crippen LogP contribution is 2.28. The SMILES string of the molecule is Cc1ccc2nc(-c3ccc(F)nc3)sc2n1. The number of fused-ring (bicyclic) bond motifs is 1. The first-order valence-electron chi connectivity index (χ1n) is 5.08. The maximum absolute atomic E-state index is 12.7. The summed E-state index contributed by atoms with van der Waals surface area (Å²) in [6, 6.07) is 6.87. The van der Waals surface area contributed by atoms with Gasteiger partial charge in [-0.15, -0.1) is 0 Å². The van der Waals surface area contributed by atoms with Crippen molar-refractivity contribution >= 4 is 21.7 Å². The van der Waals surface area contributed by atoms with Crippen LogP contribution in [-0.4, -0.2) is 15.0 Å². The van der Waals surface area contributed by atoms with Crippen molar-refractivity contribution in [1.82, 2.24) is 15.0 Å². The Labute approximate surface area is 101 Å². The van der Waals surface area contributed by atoms with Crippen LogP contribution in [0.3, 0.4) is 0 Å². The zero-order chi connectivity index (χ0) is 11.8. The monoisotopic (exact) mass is 245 g/mol. The summed E-state index contributed by atoms with van der Waals surface area (Å²) in [5.41, 5.74) is 2.64. The van der Waals surface area contributed by atoms with Crippen molar-refractivity contribution in [2.24, 2.45) is 0 Å². The first-order valence-corrected chi connectivity index (χ1v) is 5.90. The Morgan fingerprint density at radius 2 is 2.00 bits per heavy atom. The number of aromatic nitrogens is 3. The summed E-state index contributed by atoms with van der Waals surface area (Å²) in [5.74, 6) is -0.483. The topological polar surface area (TPSA) is 38.7 Å². The Morgan fingerprint density at radius 1 is 1.12 bits per heavy atom. The molecule has 3 aromatic rings. The van der Waals surface area contributed by atoms with Crippen LogP contribution in [0.1, 0.15) is 5.69 Å². The van der Waals surface area contributed by atoms with Crippen molar-refractivity contribution in [3.63, 3.8) is 0 Å². The first-order chi connectivity index (χ1) is 8.22. The van der Waals surface area contributed by atoms with Gasteiger partial charge in [0.1, 0.15) is 15.4 Å². The molecule has 0 N–H and O–H groups in total. The van der Waals surface area contributed by atoms with E-state index in [0.29, 0.717) is 0 Å². The lowest BCUT2D eigenvalue weighted by atomic mass is 10.3. The molecule has 0 aliphatic rings. The second kappa shape index (κ2) is 3.85. The van der Waals surface area contributed by atoms with Crippen molar-refractivity contribution in [2.75, 3.05) is 0 Å². The van der Waals surface area contributed by atoms with Gasteiger partial charge in [-0.05, 0) is 31.2 Å². The van der Waals surface area contributed by atoms with E-state index in [9.17, 15) is 4.39 Å². The van der Waals surface area contributed by atoms with Crippen LogP contribution in [0, 0.1) is 12.9 Å². The van der Waals surface area contributed by atoms with Crippen molar-refractivity contribution in [3.05, 3.63) is 42.1 Å². The molecule has 0 amide bonds. The Morgan fingerprint density at radius 3 is 2.76 bits per heavy atom. The summed E-state index contributed by atoms with van der Waals surface area (Å²) in [6.07, 6.45) is 1.49. The fraction of sp³-hybridized carbons (Fsp3) is 0.0833. The Hall–Kier alpha value is -1.88. The lowest BCUT2D eigenvalue weighted by Gasteiger charge is -1.93.